The third-order valence-electron chi connectivity index (χ3n) is 4.82. The Morgan fingerprint density at radius 2 is 1.86 bits per heavy atom. The van der Waals surface area contributed by atoms with E-state index >= 15 is 0 Å². The molecule has 0 bridgehead atoms. The lowest BCUT2D eigenvalue weighted by Gasteiger charge is -2.26. The fourth-order valence-corrected chi connectivity index (χ4v) is 3.37. The van der Waals surface area contributed by atoms with E-state index in [1.807, 2.05) is 13.0 Å². The third kappa shape index (κ3) is 4.13. The molecule has 0 spiro atoms. The van der Waals surface area contributed by atoms with E-state index < -0.39 is 0 Å². The van der Waals surface area contributed by atoms with E-state index in [0.717, 1.165) is 5.56 Å². The van der Waals surface area contributed by atoms with Crippen molar-refractivity contribution in [3.63, 3.8) is 0 Å². The monoisotopic (exact) mass is 413 g/mol. The summed E-state index contributed by atoms with van der Waals surface area (Å²) < 4.78 is 17.0. The van der Waals surface area contributed by atoms with Gasteiger partial charge in [-0.1, -0.05) is 17.7 Å². The van der Waals surface area contributed by atoms with E-state index in [0.29, 0.717) is 47.9 Å². The van der Waals surface area contributed by atoms with Crippen molar-refractivity contribution in [2.24, 2.45) is 0 Å². The molecule has 0 N–H and O–H groups in total. The van der Waals surface area contributed by atoms with Gasteiger partial charge in [-0.3, -0.25) is 9.59 Å². The highest BCUT2D eigenvalue weighted by atomic mass is 35.5. The fourth-order valence-electron chi connectivity index (χ4n) is 3.24. The van der Waals surface area contributed by atoms with Crippen LogP contribution in [0, 0.1) is 6.92 Å². The first kappa shape index (κ1) is 19.5. The number of hydrogen-bond acceptors (Lipinski definition) is 5. The maximum atomic E-state index is 13.1. The van der Waals surface area contributed by atoms with E-state index in [1.54, 1.807) is 41.3 Å². The van der Waals surface area contributed by atoms with Crippen LogP contribution in [0.4, 0.5) is 0 Å². The zero-order valence-electron chi connectivity index (χ0n) is 15.9. The molecule has 0 atom stereocenters. The van der Waals surface area contributed by atoms with Gasteiger partial charge in [-0.15, -0.1) is 0 Å². The number of morpholine rings is 1. The quantitative estimate of drug-likeness (QED) is 0.653. The standard InChI is InChI=1S/C22H20ClNO5/c1-14-2-7-17-18(12-14)29-21(15-3-5-16(23)6-4-15)22(20(17)26)28-13-19(25)24-8-10-27-11-9-24/h2-7,12H,8-11,13H2,1H3. The first-order valence-corrected chi connectivity index (χ1v) is 9.72. The van der Waals surface area contributed by atoms with Gasteiger partial charge >= 0.3 is 0 Å². The Bertz CT molecular complexity index is 1100. The number of carbonyl (C=O) groups excluding carboxylic acids is 1. The zero-order chi connectivity index (χ0) is 20.4. The molecule has 7 heteroatoms. The second-order valence-corrected chi connectivity index (χ2v) is 7.31. The molecule has 2 aromatic carbocycles. The fraction of sp³-hybridized carbons (Fsp3) is 0.273. The highest BCUT2D eigenvalue weighted by molar-refractivity contribution is 6.30. The Morgan fingerprint density at radius 3 is 2.59 bits per heavy atom. The molecule has 29 heavy (non-hydrogen) atoms. The SMILES string of the molecule is Cc1ccc2c(=O)c(OCC(=O)N3CCOCC3)c(-c3ccc(Cl)cc3)oc2c1. The molecular formula is C22H20ClNO5. The second-order valence-electron chi connectivity index (χ2n) is 6.88. The van der Waals surface area contributed by atoms with Crippen molar-refractivity contribution in [1.82, 2.24) is 4.90 Å². The maximum Gasteiger partial charge on any atom is 0.260 e. The van der Waals surface area contributed by atoms with Crippen LogP contribution in [0.3, 0.4) is 0 Å². The van der Waals surface area contributed by atoms with E-state index in [9.17, 15) is 9.59 Å². The van der Waals surface area contributed by atoms with Gasteiger partial charge in [-0.2, -0.15) is 0 Å². The molecule has 0 radical (unpaired) electrons. The summed E-state index contributed by atoms with van der Waals surface area (Å²) in [5.41, 5.74) is 1.76. The Labute approximate surface area is 172 Å². The molecular weight excluding hydrogens is 394 g/mol. The van der Waals surface area contributed by atoms with Crippen LogP contribution in [0.25, 0.3) is 22.3 Å². The van der Waals surface area contributed by atoms with Gasteiger partial charge in [0.1, 0.15) is 5.58 Å². The summed E-state index contributed by atoms with van der Waals surface area (Å²) >= 11 is 5.99. The van der Waals surface area contributed by atoms with Crippen LogP contribution in [0.2, 0.25) is 5.02 Å². The molecule has 0 saturated carbocycles. The lowest BCUT2D eigenvalue weighted by atomic mass is 10.1. The van der Waals surface area contributed by atoms with Crippen molar-refractivity contribution < 1.29 is 18.7 Å². The molecule has 1 saturated heterocycles. The van der Waals surface area contributed by atoms with Crippen LogP contribution >= 0.6 is 11.6 Å². The van der Waals surface area contributed by atoms with Crippen LogP contribution in [-0.2, 0) is 9.53 Å². The van der Waals surface area contributed by atoms with Crippen molar-refractivity contribution in [3.05, 3.63) is 63.3 Å². The van der Waals surface area contributed by atoms with Crippen molar-refractivity contribution in [2.45, 2.75) is 6.92 Å². The van der Waals surface area contributed by atoms with Crippen molar-refractivity contribution >= 4 is 28.5 Å². The van der Waals surface area contributed by atoms with Crippen molar-refractivity contribution in [2.75, 3.05) is 32.9 Å². The Hall–Kier alpha value is -2.83. The van der Waals surface area contributed by atoms with E-state index in [1.165, 1.54) is 0 Å². The van der Waals surface area contributed by atoms with Crippen molar-refractivity contribution in [1.29, 1.82) is 0 Å². The minimum Gasteiger partial charge on any atom is -0.476 e. The van der Waals surface area contributed by atoms with E-state index in [-0.39, 0.29) is 29.5 Å². The summed E-state index contributed by atoms with van der Waals surface area (Å²) in [7, 11) is 0. The third-order valence-corrected chi connectivity index (χ3v) is 5.07. The summed E-state index contributed by atoms with van der Waals surface area (Å²) in [6, 6.07) is 12.3. The molecule has 1 amide bonds. The molecule has 1 aliphatic heterocycles. The van der Waals surface area contributed by atoms with Gasteiger partial charge in [0.05, 0.1) is 18.6 Å². The highest BCUT2D eigenvalue weighted by Gasteiger charge is 2.22. The minimum atomic E-state index is -0.314. The summed E-state index contributed by atoms with van der Waals surface area (Å²) in [5, 5.41) is 0.972. The molecule has 2 heterocycles. The van der Waals surface area contributed by atoms with E-state index in [4.69, 9.17) is 25.5 Å². The number of rotatable bonds is 4. The Morgan fingerprint density at radius 1 is 1.14 bits per heavy atom. The Kier molecular flexibility index (Phi) is 5.56. The number of ether oxygens (including phenoxy) is 2. The van der Waals surface area contributed by atoms with Crippen LogP contribution in [0.15, 0.2) is 51.7 Å². The molecule has 1 fully saturated rings. The topological polar surface area (TPSA) is 69.0 Å². The number of benzene rings is 2. The highest BCUT2D eigenvalue weighted by Crippen LogP contribution is 2.32. The van der Waals surface area contributed by atoms with Gasteiger partial charge in [0.25, 0.3) is 5.91 Å². The van der Waals surface area contributed by atoms with Crippen LogP contribution in [0.1, 0.15) is 5.56 Å². The second kappa shape index (κ2) is 8.27. The van der Waals surface area contributed by atoms with Crippen molar-refractivity contribution in [3.8, 4) is 17.1 Å². The molecule has 3 aromatic rings. The summed E-state index contributed by atoms with van der Waals surface area (Å²) in [6.45, 7) is 3.70. The maximum absolute atomic E-state index is 13.1. The Balaban J connectivity index is 1.74. The summed E-state index contributed by atoms with van der Waals surface area (Å²) in [5.74, 6) is 0.101. The molecule has 1 aliphatic rings. The van der Waals surface area contributed by atoms with Crippen LogP contribution < -0.4 is 10.2 Å². The van der Waals surface area contributed by atoms with Gasteiger partial charge in [0, 0.05) is 23.7 Å². The summed E-state index contributed by atoms with van der Waals surface area (Å²) in [6.07, 6.45) is 0. The predicted molar refractivity (Wildman–Crippen MR) is 111 cm³/mol. The normalized spacial score (nSPS) is 14.2. The van der Waals surface area contributed by atoms with Gasteiger partial charge < -0.3 is 18.8 Å². The number of nitrogens with zero attached hydrogens (tertiary/aromatic N) is 1. The number of aryl methyl sites for hydroxylation is 1. The lowest BCUT2D eigenvalue weighted by molar-refractivity contribution is -0.137. The van der Waals surface area contributed by atoms with E-state index in [2.05, 4.69) is 0 Å². The van der Waals surface area contributed by atoms with Gasteiger partial charge in [0.15, 0.2) is 12.4 Å². The number of carbonyl (C=O) groups is 1. The van der Waals surface area contributed by atoms with Gasteiger partial charge in [-0.05, 0) is 48.9 Å². The first-order valence-electron chi connectivity index (χ1n) is 9.34. The molecule has 0 aliphatic carbocycles. The number of halogens is 1. The number of hydrogen-bond donors (Lipinski definition) is 0. The molecule has 6 nitrogen and oxygen atoms in total. The largest absolute Gasteiger partial charge is 0.476 e. The molecule has 150 valence electrons. The lowest BCUT2D eigenvalue weighted by Crippen LogP contribution is -2.43. The molecule has 0 unspecified atom stereocenters. The van der Waals surface area contributed by atoms with Gasteiger partial charge in [0.2, 0.25) is 11.2 Å². The zero-order valence-corrected chi connectivity index (χ0v) is 16.7. The smallest absolute Gasteiger partial charge is 0.260 e. The molecule has 1 aromatic heterocycles. The van der Waals surface area contributed by atoms with Crippen LogP contribution in [0.5, 0.6) is 5.75 Å². The number of amides is 1. The number of fused-ring (bicyclic) bond motifs is 1. The first-order chi connectivity index (χ1) is 14.0. The minimum absolute atomic E-state index is 0.0188. The molecule has 4 rings (SSSR count). The average Bonchev–Trinajstić information content (AvgIpc) is 2.73. The summed E-state index contributed by atoms with van der Waals surface area (Å²) in [4.78, 5) is 27.3. The average molecular weight is 414 g/mol. The van der Waals surface area contributed by atoms with Gasteiger partial charge in [-0.25, -0.2) is 0 Å². The van der Waals surface area contributed by atoms with Crippen LogP contribution in [-0.4, -0.2) is 43.7 Å². The predicted octanol–water partition coefficient (Wildman–Crippen LogP) is 3.66.